The smallest absolute Gasteiger partial charge is 0.208 e. The van der Waals surface area contributed by atoms with Gasteiger partial charge in [0, 0.05) is 13.1 Å². The van der Waals surface area contributed by atoms with Gasteiger partial charge in [0.25, 0.3) is 0 Å². The van der Waals surface area contributed by atoms with Gasteiger partial charge in [0.15, 0.2) is 0 Å². The molecule has 1 aliphatic heterocycles. The van der Waals surface area contributed by atoms with E-state index in [-0.39, 0.29) is 0 Å². The van der Waals surface area contributed by atoms with Crippen molar-refractivity contribution in [1.82, 2.24) is 9.88 Å². The molecule has 0 atom stereocenters. The molecule has 66 valence electrons. The van der Waals surface area contributed by atoms with Crippen molar-refractivity contribution in [3.05, 3.63) is 18.4 Å². The molecule has 0 unspecified atom stereocenters. The van der Waals surface area contributed by atoms with Crippen LogP contribution in [-0.4, -0.2) is 36.2 Å². The van der Waals surface area contributed by atoms with Gasteiger partial charge in [-0.05, 0) is 0 Å². The van der Waals surface area contributed by atoms with Gasteiger partial charge >= 0.3 is 0 Å². The zero-order chi connectivity index (χ0) is 8.23. The molecule has 0 aliphatic carbocycles. The van der Waals surface area contributed by atoms with Crippen LogP contribution in [0.2, 0.25) is 0 Å². The third-order valence-electron chi connectivity index (χ3n) is 1.95. The molecule has 2 rings (SSSR count). The van der Waals surface area contributed by atoms with E-state index in [1.54, 1.807) is 12.5 Å². The van der Waals surface area contributed by atoms with E-state index in [0.717, 1.165) is 38.7 Å². The van der Waals surface area contributed by atoms with Gasteiger partial charge in [0.1, 0.15) is 6.26 Å². The summed E-state index contributed by atoms with van der Waals surface area (Å²) in [5, 5.41) is 0. The minimum atomic E-state index is 0.789. The summed E-state index contributed by atoms with van der Waals surface area (Å²) in [5.41, 5.74) is 0. The molecule has 1 saturated heterocycles. The van der Waals surface area contributed by atoms with Crippen molar-refractivity contribution in [3.63, 3.8) is 0 Å². The quantitative estimate of drug-likeness (QED) is 0.644. The zero-order valence-electron chi connectivity index (χ0n) is 6.90. The Morgan fingerprint density at radius 3 is 2.92 bits per heavy atom. The van der Waals surface area contributed by atoms with Crippen LogP contribution in [0.3, 0.4) is 0 Å². The summed E-state index contributed by atoms with van der Waals surface area (Å²) in [6, 6.07) is 0. The van der Waals surface area contributed by atoms with E-state index in [9.17, 15) is 0 Å². The summed E-state index contributed by atoms with van der Waals surface area (Å²) in [6.45, 7) is 4.39. The topological polar surface area (TPSA) is 38.5 Å². The predicted octanol–water partition coefficient (Wildman–Crippen LogP) is 0.507. The van der Waals surface area contributed by atoms with Gasteiger partial charge in [-0.1, -0.05) is 0 Å². The van der Waals surface area contributed by atoms with Crippen molar-refractivity contribution in [1.29, 1.82) is 0 Å². The Morgan fingerprint density at radius 1 is 1.42 bits per heavy atom. The first-order valence-corrected chi connectivity index (χ1v) is 4.13. The summed E-state index contributed by atoms with van der Waals surface area (Å²) < 4.78 is 10.4. The average molecular weight is 168 g/mol. The highest BCUT2D eigenvalue weighted by molar-refractivity contribution is 4.80. The van der Waals surface area contributed by atoms with Crippen LogP contribution in [0.15, 0.2) is 16.9 Å². The second-order valence-electron chi connectivity index (χ2n) is 2.81. The molecule has 4 heteroatoms. The van der Waals surface area contributed by atoms with Gasteiger partial charge < -0.3 is 9.15 Å². The third kappa shape index (κ3) is 1.84. The summed E-state index contributed by atoms with van der Waals surface area (Å²) >= 11 is 0. The van der Waals surface area contributed by atoms with Crippen LogP contribution in [0, 0.1) is 0 Å². The molecule has 1 aromatic rings. The van der Waals surface area contributed by atoms with Crippen LogP contribution >= 0.6 is 0 Å². The Kier molecular flexibility index (Phi) is 2.39. The van der Waals surface area contributed by atoms with Gasteiger partial charge in [-0.25, -0.2) is 4.98 Å². The molecule has 4 nitrogen and oxygen atoms in total. The van der Waals surface area contributed by atoms with Crippen molar-refractivity contribution in [2.75, 3.05) is 26.3 Å². The molecule has 0 bridgehead atoms. The number of hydrogen-bond donors (Lipinski definition) is 0. The normalized spacial score (nSPS) is 19.7. The Bertz CT molecular complexity index is 217. The molecule has 0 spiro atoms. The third-order valence-corrected chi connectivity index (χ3v) is 1.95. The highest BCUT2D eigenvalue weighted by Gasteiger charge is 2.11. The number of hydrogen-bond acceptors (Lipinski definition) is 4. The predicted molar refractivity (Wildman–Crippen MR) is 42.6 cm³/mol. The van der Waals surface area contributed by atoms with Crippen LogP contribution < -0.4 is 0 Å². The molecule has 1 aromatic heterocycles. The summed E-state index contributed by atoms with van der Waals surface area (Å²) in [6.07, 6.45) is 3.28. The molecule has 1 fully saturated rings. The maximum absolute atomic E-state index is 5.23. The highest BCUT2D eigenvalue weighted by Crippen LogP contribution is 2.03. The van der Waals surface area contributed by atoms with E-state index in [4.69, 9.17) is 9.15 Å². The standard InChI is InChI=1S/C8H12N2O2/c1-4-12-8(9-1)7-10-2-5-11-6-3-10/h1,4H,2-3,5-7H2. The lowest BCUT2D eigenvalue weighted by Gasteiger charge is -2.24. The average Bonchev–Trinajstić information content (AvgIpc) is 2.59. The van der Waals surface area contributed by atoms with Gasteiger partial charge in [-0.3, -0.25) is 4.90 Å². The summed E-state index contributed by atoms with van der Waals surface area (Å²) in [7, 11) is 0. The fourth-order valence-corrected chi connectivity index (χ4v) is 1.28. The minimum absolute atomic E-state index is 0.789. The van der Waals surface area contributed by atoms with E-state index >= 15 is 0 Å². The van der Waals surface area contributed by atoms with Gasteiger partial charge in [0.2, 0.25) is 5.89 Å². The van der Waals surface area contributed by atoms with Crippen LogP contribution in [0.25, 0.3) is 0 Å². The first kappa shape index (κ1) is 7.76. The molecular weight excluding hydrogens is 156 g/mol. The highest BCUT2D eigenvalue weighted by atomic mass is 16.5. The number of ether oxygens (including phenoxy) is 1. The molecule has 12 heavy (non-hydrogen) atoms. The second kappa shape index (κ2) is 3.69. The first-order valence-electron chi connectivity index (χ1n) is 4.13. The maximum Gasteiger partial charge on any atom is 0.208 e. The Balaban J connectivity index is 1.86. The molecule has 0 amide bonds. The van der Waals surface area contributed by atoms with Crippen LogP contribution in [-0.2, 0) is 11.3 Å². The van der Waals surface area contributed by atoms with E-state index in [1.165, 1.54) is 0 Å². The lowest BCUT2D eigenvalue weighted by molar-refractivity contribution is 0.0306. The Morgan fingerprint density at radius 2 is 2.25 bits per heavy atom. The van der Waals surface area contributed by atoms with Gasteiger partial charge in [-0.15, -0.1) is 0 Å². The van der Waals surface area contributed by atoms with Crippen molar-refractivity contribution < 1.29 is 9.15 Å². The minimum Gasteiger partial charge on any atom is -0.448 e. The van der Waals surface area contributed by atoms with Crippen LogP contribution in [0.1, 0.15) is 5.89 Å². The summed E-state index contributed by atoms with van der Waals surface area (Å²) in [4.78, 5) is 6.33. The van der Waals surface area contributed by atoms with Crippen molar-refractivity contribution in [2.24, 2.45) is 0 Å². The maximum atomic E-state index is 5.23. The van der Waals surface area contributed by atoms with Gasteiger partial charge in [-0.2, -0.15) is 0 Å². The molecule has 0 N–H and O–H groups in total. The molecule has 0 radical (unpaired) electrons. The monoisotopic (exact) mass is 168 g/mol. The molecule has 0 aromatic carbocycles. The number of morpholine rings is 1. The zero-order valence-corrected chi connectivity index (χ0v) is 6.90. The van der Waals surface area contributed by atoms with Crippen LogP contribution in [0.5, 0.6) is 0 Å². The lowest BCUT2D eigenvalue weighted by Crippen LogP contribution is -2.35. The van der Waals surface area contributed by atoms with Crippen LogP contribution in [0.4, 0.5) is 0 Å². The molecule has 1 aliphatic rings. The second-order valence-corrected chi connectivity index (χ2v) is 2.81. The fourth-order valence-electron chi connectivity index (χ4n) is 1.28. The van der Waals surface area contributed by atoms with Gasteiger partial charge in [0.05, 0.1) is 26.0 Å². The van der Waals surface area contributed by atoms with E-state index in [1.807, 2.05) is 0 Å². The molecular formula is C8H12N2O2. The number of aromatic nitrogens is 1. The summed E-state index contributed by atoms with van der Waals surface area (Å²) in [5.74, 6) is 0.789. The van der Waals surface area contributed by atoms with Crippen molar-refractivity contribution >= 4 is 0 Å². The van der Waals surface area contributed by atoms with Crippen molar-refractivity contribution in [2.45, 2.75) is 6.54 Å². The SMILES string of the molecule is c1coc(CN2CCOCC2)n1. The van der Waals surface area contributed by atoms with Crippen molar-refractivity contribution in [3.8, 4) is 0 Å². The Hall–Kier alpha value is -0.870. The number of rotatable bonds is 2. The fraction of sp³-hybridized carbons (Fsp3) is 0.625. The first-order chi connectivity index (χ1) is 5.95. The Labute approximate surface area is 71.1 Å². The lowest BCUT2D eigenvalue weighted by atomic mass is 10.4. The number of nitrogens with zero attached hydrogens (tertiary/aromatic N) is 2. The number of oxazole rings is 1. The van der Waals surface area contributed by atoms with E-state index in [2.05, 4.69) is 9.88 Å². The molecule has 0 saturated carbocycles. The largest absolute Gasteiger partial charge is 0.448 e. The van der Waals surface area contributed by atoms with E-state index < -0.39 is 0 Å². The molecule has 2 heterocycles. The van der Waals surface area contributed by atoms with E-state index in [0.29, 0.717) is 0 Å².